The monoisotopic (exact) mass is 423 g/mol. The molecule has 0 aliphatic heterocycles. The molecule has 0 spiro atoms. The number of furan rings is 1. The van der Waals surface area contributed by atoms with Crippen LogP contribution in [-0.2, 0) is 16.1 Å². The van der Waals surface area contributed by atoms with Crippen LogP contribution in [0.4, 0.5) is 10.2 Å². The number of ether oxygens (including phenoxy) is 1. The van der Waals surface area contributed by atoms with Gasteiger partial charge in [0.05, 0.1) is 5.56 Å². The van der Waals surface area contributed by atoms with Gasteiger partial charge in [0.15, 0.2) is 6.61 Å². The summed E-state index contributed by atoms with van der Waals surface area (Å²) < 4.78 is 25.4. The van der Waals surface area contributed by atoms with Gasteiger partial charge in [0, 0.05) is 12.2 Å². The lowest BCUT2D eigenvalue weighted by Crippen LogP contribution is -2.23. The van der Waals surface area contributed by atoms with E-state index in [9.17, 15) is 19.2 Å². The number of halogens is 1. The van der Waals surface area contributed by atoms with Gasteiger partial charge in [-0.1, -0.05) is 12.1 Å². The Morgan fingerprint density at radius 1 is 1.19 bits per heavy atom. The molecule has 0 atom stereocenters. The van der Waals surface area contributed by atoms with E-state index in [4.69, 9.17) is 9.15 Å². The Morgan fingerprint density at radius 2 is 1.87 bits per heavy atom. The molecule has 31 heavy (non-hydrogen) atoms. The third-order valence-electron chi connectivity index (χ3n) is 5.05. The number of aromatic nitrogens is 1. The van der Waals surface area contributed by atoms with Gasteiger partial charge in [-0.15, -0.1) is 0 Å². The fraction of sp³-hybridized carbons (Fsp3) is 0.261. The van der Waals surface area contributed by atoms with Crippen LogP contribution in [0.5, 0.6) is 0 Å². The highest BCUT2D eigenvalue weighted by atomic mass is 19.1. The van der Waals surface area contributed by atoms with E-state index in [-0.39, 0.29) is 11.4 Å². The molecule has 1 amide bonds. The molecule has 0 unspecified atom stereocenters. The average Bonchev–Trinajstić information content (AvgIpc) is 3.18. The van der Waals surface area contributed by atoms with Gasteiger partial charge in [0.1, 0.15) is 34.8 Å². The number of carbonyl (C=O) groups is 2. The van der Waals surface area contributed by atoms with E-state index in [0.717, 1.165) is 16.8 Å². The average molecular weight is 423 g/mol. The van der Waals surface area contributed by atoms with Crippen molar-refractivity contribution in [1.82, 2.24) is 4.57 Å². The molecule has 1 aromatic carbocycles. The van der Waals surface area contributed by atoms with Crippen LogP contribution in [0, 0.1) is 44.8 Å². The van der Waals surface area contributed by atoms with Crippen LogP contribution < -0.4 is 5.32 Å². The molecular formula is C23H22FN3O4. The molecule has 3 aromatic rings. The van der Waals surface area contributed by atoms with Crippen LogP contribution in [0.25, 0.3) is 0 Å². The van der Waals surface area contributed by atoms with Gasteiger partial charge in [0.25, 0.3) is 5.91 Å². The number of hydrogen-bond donors (Lipinski definition) is 1. The number of carbonyl (C=O) groups excluding carboxylic acids is 2. The number of rotatable bonds is 6. The van der Waals surface area contributed by atoms with Crippen LogP contribution in [0.2, 0.25) is 0 Å². The number of aryl methyl sites for hydroxylation is 2. The molecule has 2 heterocycles. The Morgan fingerprint density at radius 3 is 2.45 bits per heavy atom. The normalized spacial score (nSPS) is 10.6. The van der Waals surface area contributed by atoms with E-state index in [1.807, 2.05) is 6.92 Å². The molecule has 7 nitrogen and oxygen atoms in total. The van der Waals surface area contributed by atoms with Crippen LogP contribution in [0.3, 0.4) is 0 Å². The van der Waals surface area contributed by atoms with E-state index in [1.54, 1.807) is 43.5 Å². The topological polar surface area (TPSA) is 97.3 Å². The maximum Gasteiger partial charge on any atom is 0.342 e. The van der Waals surface area contributed by atoms with Gasteiger partial charge < -0.3 is 19.0 Å². The van der Waals surface area contributed by atoms with Crippen LogP contribution in [0.1, 0.15) is 44.3 Å². The van der Waals surface area contributed by atoms with E-state index in [0.29, 0.717) is 29.4 Å². The maximum atomic E-state index is 13.2. The standard InChI is InChI=1S/C23H22FN3O4/c1-13-9-19(16(4)31-13)23(29)30-12-21(28)26-22-20(10-25)14(2)15(3)27(22)11-17-5-7-18(24)8-6-17/h5-9H,11-12H2,1-4H3,(H,26,28). The summed E-state index contributed by atoms with van der Waals surface area (Å²) in [5, 5.41) is 12.3. The lowest BCUT2D eigenvalue weighted by atomic mass is 10.2. The number of hydrogen-bond acceptors (Lipinski definition) is 5. The maximum absolute atomic E-state index is 13.2. The largest absolute Gasteiger partial charge is 0.466 e. The molecule has 3 rings (SSSR count). The number of nitrogens with zero attached hydrogens (tertiary/aromatic N) is 2. The minimum Gasteiger partial charge on any atom is -0.466 e. The van der Waals surface area contributed by atoms with E-state index in [1.165, 1.54) is 12.1 Å². The molecule has 0 aliphatic carbocycles. The fourth-order valence-corrected chi connectivity index (χ4v) is 3.31. The zero-order valence-corrected chi connectivity index (χ0v) is 17.7. The summed E-state index contributed by atoms with van der Waals surface area (Å²) >= 11 is 0. The summed E-state index contributed by atoms with van der Waals surface area (Å²) in [4.78, 5) is 24.7. The van der Waals surface area contributed by atoms with E-state index < -0.39 is 18.5 Å². The number of nitrogens with one attached hydrogen (secondary N) is 1. The highest BCUT2D eigenvalue weighted by Crippen LogP contribution is 2.27. The molecule has 2 aromatic heterocycles. The number of anilines is 1. The first-order chi connectivity index (χ1) is 14.7. The molecule has 0 bridgehead atoms. The van der Waals surface area contributed by atoms with Gasteiger partial charge in [-0.05, 0) is 57.0 Å². The number of esters is 1. The van der Waals surface area contributed by atoms with Gasteiger partial charge >= 0.3 is 5.97 Å². The molecule has 0 saturated carbocycles. The second-order valence-electron chi connectivity index (χ2n) is 7.21. The predicted molar refractivity (Wildman–Crippen MR) is 111 cm³/mol. The highest BCUT2D eigenvalue weighted by molar-refractivity contribution is 5.96. The summed E-state index contributed by atoms with van der Waals surface area (Å²) in [6.45, 7) is 6.77. The van der Waals surface area contributed by atoms with E-state index in [2.05, 4.69) is 11.4 Å². The van der Waals surface area contributed by atoms with Crippen LogP contribution in [0.15, 0.2) is 34.7 Å². The lowest BCUT2D eigenvalue weighted by molar-refractivity contribution is -0.119. The zero-order valence-electron chi connectivity index (χ0n) is 17.7. The van der Waals surface area contributed by atoms with Gasteiger partial charge in [0.2, 0.25) is 0 Å². The van der Waals surface area contributed by atoms with Crippen molar-refractivity contribution in [2.75, 3.05) is 11.9 Å². The van der Waals surface area contributed by atoms with Crippen molar-refractivity contribution in [2.24, 2.45) is 0 Å². The molecule has 0 radical (unpaired) electrons. The predicted octanol–water partition coefficient (Wildman–Crippen LogP) is 4.17. The molecule has 8 heteroatoms. The second kappa shape index (κ2) is 8.88. The Kier molecular flexibility index (Phi) is 6.25. The first-order valence-electron chi connectivity index (χ1n) is 9.59. The smallest absolute Gasteiger partial charge is 0.342 e. The summed E-state index contributed by atoms with van der Waals surface area (Å²) in [6, 6.07) is 9.63. The third-order valence-corrected chi connectivity index (χ3v) is 5.05. The summed E-state index contributed by atoms with van der Waals surface area (Å²) in [7, 11) is 0. The molecule has 0 fully saturated rings. The van der Waals surface area contributed by atoms with Gasteiger partial charge in [-0.25, -0.2) is 9.18 Å². The summed E-state index contributed by atoms with van der Waals surface area (Å²) in [5.74, 6) is -0.315. The summed E-state index contributed by atoms with van der Waals surface area (Å²) in [5.41, 5.74) is 2.89. The Bertz CT molecular complexity index is 1180. The number of nitriles is 1. The van der Waals surface area contributed by atoms with Gasteiger partial charge in [-0.2, -0.15) is 5.26 Å². The van der Waals surface area contributed by atoms with Gasteiger partial charge in [-0.3, -0.25) is 4.79 Å². The first-order valence-corrected chi connectivity index (χ1v) is 9.59. The van der Waals surface area contributed by atoms with Crippen molar-refractivity contribution >= 4 is 17.7 Å². The second-order valence-corrected chi connectivity index (χ2v) is 7.21. The fourth-order valence-electron chi connectivity index (χ4n) is 3.31. The van der Waals surface area contributed by atoms with Crippen molar-refractivity contribution in [1.29, 1.82) is 5.26 Å². The molecular weight excluding hydrogens is 401 g/mol. The minimum atomic E-state index is -0.668. The van der Waals surface area contributed by atoms with Crippen molar-refractivity contribution in [3.8, 4) is 6.07 Å². The SMILES string of the molecule is Cc1cc(C(=O)OCC(=O)Nc2c(C#N)c(C)c(C)n2Cc2ccc(F)cc2)c(C)o1. The van der Waals surface area contributed by atoms with Crippen molar-refractivity contribution in [3.63, 3.8) is 0 Å². The number of amides is 1. The summed E-state index contributed by atoms with van der Waals surface area (Å²) in [6.07, 6.45) is 0. The molecule has 160 valence electrons. The molecule has 0 aliphatic rings. The van der Waals surface area contributed by atoms with Crippen molar-refractivity contribution < 1.29 is 23.1 Å². The van der Waals surface area contributed by atoms with Crippen LogP contribution >= 0.6 is 0 Å². The lowest BCUT2D eigenvalue weighted by Gasteiger charge is -2.13. The minimum absolute atomic E-state index is 0.259. The van der Waals surface area contributed by atoms with E-state index >= 15 is 0 Å². The Labute approximate surface area is 179 Å². The van der Waals surface area contributed by atoms with Crippen LogP contribution in [-0.4, -0.2) is 23.1 Å². The third kappa shape index (κ3) is 4.67. The first kappa shape index (κ1) is 21.8. The molecule has 1 N–H and O–H groups in total. The number of benzene rings is 1. The highest BCUT2D eigenvalue weighted by Gasteiger charge is 2.21. The zero-order chi connectivity index (χ0) is 22.7. The Balaban J connectivity index is 1.78. The van der Waals surface area contributed by atoms with Crippen molar-refractivity contribution in [2.45, 2.75) is 34.2 Å². The quantitative estimate of drug-likeness (QED) is 0.600. The van der Waals surface area contributed by atoms with Crippen molar-refractivity contribution in [3.05, 3.63) is 75.6 Å². The molecule has 0 saturated heterocycles. The Hall–Kier alpha value is -3.86.